The van der Waals surface area contributed by atoms with Crippen LogP contribution in [0.2, 0.25) is 0 Å². The molecule has 1 atom stereocenters. The topological polar surface area (TPSA) is 66.6 Å². The number of benzene rings is 1. The van der Waals surface area contributed by atoms with Crippen LogP contribution in [0.5, 0.6) is 0 Å². The number of carbonyl (C=O) groups excluding carboxylic acids is 1. The number of likely N-dealkylation sites (tertiary alicyclic amines) is 1. The van der Waals surface area contributed by atoms with Crippen LogP contribution >= 0.6 is 0 Å². The lowest BCUT2D eigenvalue weighted by atomic mass is 10.0. The average molecular weight is 272 g/mol. The van der Waals surface area contributed by atoms with Gasteiger partial charge in [0, 0.05) is 18.7 Å². The molecule has 1 unspecified atom stereocenters. The first kappa shape index (κ1) is 12.9. The minimum atomic E-state index is -0.861. The maximum Gasteiger partial charge on any atom is 0.259 e. The van der Waals surface area contributed by atoms with E-state index in [9.17, 15) is 9.90 Å². The Morgan fingerprint density at radius 3 is 2.60 bits per heavy atom. The number of carbonyl (C=O) groups is 1. The maximum absolute atomic E-state index is 12.5. The minimum absolute atomic E-state index is 0.118. The Morgan fingerprint density at radius 1 is 1.35 bits per heavy atom. The van der Waals surface area contributed by atoms with Gasteiger partial charge in [-0.1, -0.05) is 35.5 Å². The van der Waals surface area contributed by atoms with E-state index in [-0.39, 0.29) is 11.7 Å². The highest BCUT2D eigenvalue weighted by molar-refractivity contribution is 6.01. The van der Waals surface area contributed by atoms with Gasteiger partial charge in [-0.2, -0.15) is 0 Å². The van der Waals surface area contributed by atoms with E-state index < -0.39 is 6.10 Å². The van der Waals surface area contributed by atoms with Gasteiger partial charge in [0.2, 0.25) is 0 Å². The Bertz CT molecular complexity index is 615. The summed E-state index contributed by atoms with van der Waals surface area (Å²) in [5.41, 5.74) is 1.69. The van der Waals surface area contributed by atoms with Gasteiger partial charge < -0.3 is 14.5 Å². The van der Waals surface area contributed by atoms with Crippen molar-refractivity contribution in [3.8, 4) is 11.3 Å². The molecule has 5 nitrogen and oxygen atoms in total. The minimum Gasteiger partial charge on any atom is -0.385 e. The second-order valence-electron chi connectivity index (χ2n) is 4.96. The molecule has 1 aliphatic heterocycles. The summed E-state index contributed by atoms with van der Waals surface area (Å²) < 4.78 is 5.20. The van der Waals surface area contributed by atoms with Gasteiger partial charge in [-0.25, -0.2) is 0 Å². The summed E-state index contributed by atoms with van der Waals surface area (Å²) in [7, 11) is 0. The summed E-state index contributed by atoms with van der Waals surface area (Å²) >= 11 is 0. The Morgan fingerprint density at radius 2 is 2.05 bits per heavy atom. The standard InChI is InChI=1S/C15H16N2O3/c1-10(18)14-12(15(19)17-8-5-9-17)13(16-20-14)11-6-3-2-4-7-11/h2-4,6-7,10,18H,5,8-9H2,1H3. The molecule has 1 aromatic heterocycles. The van der Waals surface area contributed by atoms with Crippen LogP contribution in [0, 0.1) is 0 Å². The molecule has 104 valence electrons. The molecule has 1 fully saturated rings. The Balaban J connectivity index is 2.08. The van der Waals surface area contributed by atoms with Gasteiger partial charge in [0.05, 0.1) is 0 Å². The first-order valence-corrected chi connectivity index (χ1v) is 6.71. The van der Waals surface area contributed by atoms with E-state index in [0.717, 1.165) is 25.1 Å². The fraction of sp³-hybridized carbons (Fsp3) is 0.333. The summed E-state index contributed by atoms with van der Waals surface area (Å²) in [6, 6.07) is 9.40. The van der Waals surface area contributed by atoms with Crippen LogP contribution < -0.4 is 0 Å². The number of nitrogens with zero attached hydrogens (tertiary/aromatic N) is 2. The number of aromatic nitrogens is 1. The van der Waals surface area contributed by atoms with Gasteiger partial charge in [0.15, 0.2) is 5.76 Å². The van der Waals surface area contributed by atoms with Crippen molar-refractivity contribution in [2.24, 2.45) is 0 Å². The molecule has 0 aliphatic carbocycles. The molecule has 0 bridgehead atoms. The molecular weight excluding hydrogens is 256 g/mol. The number of hydrogen-bond donors (Lipinski definition) is 1. The Kier molecular flexibility index (Phi) is 3.28. The van der Waals surface area contributed by atoms with Gasteiger partial charge in [-0.15, -0.1) is 0 Å². The predicted octanol–water partition coefficient (Wildman–Crippen LogP) is 2.24. The van der Waals surface area contributed by atoms with Crippen molar-refractivity contribution in [2.45, 2.75) is 19.4 Å². The molecule has 0 radical (unpaired) electrons. The van der Waals surface area contributed by atoms with E-state index in [1.165, 1.54) is 0 Å². The number of aliphatic hydroxyl groups excluding tert-OH is 1. The molecule has 1 aromatic carbocycles. The first-order valence-electron chi connectivity index (χ1n) is 6.71. The lowest BCUT2D eigenvalue weighted by Gasteiger charge is -2.31. The lowest BCUT2D eigenvalue weighted by Crippen LogP contribution is -2.42. The van der Waals surface area contributed by atoms with E-state index in [1.807, 2.05) is 30.3 Å². The second-order valence-corrected chi connectivity index (χ2v) is 4.96. The fourth-order valence-electron chi connectivity index (χ4n) is 2.27. The van der Waals surface area contributed by atoms with Gasteiger partial charge in [-0.3, -0.25) is 4.79 Å². The highest BCUT2D eigenvalue weighted by atomic mass is 16.5. The second kappa shape index (κ2) is 5.09. The molecule has 20 heavy (non-hydrogen) atoms. The van der Waals surface area contributed by atoms with Crippen molar-refractivity contribution in [1.82, 2.24) is 10.1 Å². The third kappa shape index (κ3) is 2.10. The monoisotopic (exact) mass is 272 g/mol. The van der Waals surface area contributed by atoms with Crippen molar-refractivity contribution < 1.29 is 14.4 Å². The molecule has 2 heterocycles. The molecule has 3 rings (SSSR count). The van der Waals surface area contributed by atoms with Crippen LogP contribution in [0.25, 0.3) is 11.3 Å². The van der Waals surface area contributed by atoms with Crippen LogP contribution in [-0.4, -0.2) is 34.2 Å². The first-order chi connectivity index (χ1) is 9.68. The van der Waals surface area contributed by atoms with E-state index in [0.29, 0.717) is 11.3 Å². The largest absolute Gasteiger partial charge is 0.385 e. The van der Waals surface area contributed by atoms with Gasteiger partial charge >= 0.3 is 0 Å². The summed E-state index contributed by atoms with van der Waals surface area (Å²) in [5, 5.41) is 13.8. The normalized spacial score (nSPS) is 15.8. The molecule has 1 aliphatic rings. The zero-order valence-electron chi connectivity index (χ0n) is 11.2. The quantitative estimate of drug-likeness (QED) is 0.930. The van der Waals surface area contributed by atoms with Crippen LogP contribution in [0.15, 0.2) is 34.9 Å². The number of amides is 1. The van der Waals surface area contributed by atoms with Crippen molar-refractivity contribution in [2.75, 3.05) is 13.1 Å². The van der Waals surface area contributed by atoms with Crippen LogP contribution in [0.4, 0.5) is 0 Å². The van der Waals surface area contributed by atoms with E-state index in [4.69, 9.17) is 4.52 Å². The smallest absolute Gasteiger partial charge is 0.259 e. The summed E-state index contributed by atoms with van der Waals surface area (Å²) in [6.45, 7) is 3.07. The molecule has 1 amide bonds. The van der Waals surface area contributed by atoms with Crippen molar-refractivity contribution >= 4 is 5.91 Å². The third-order valence-corrected chi connectivity index (χ3v) is 3.50. The number of hydrogen-bond acceptors (Lipinski definition) is 4. The molecule has 5 heteroatoms. The molecule has 0 saturated carbocycles. The van der Waals surface area contributed by atoms with Gasteiger partial charge in [-0.05, 0) is 13.3 Å². The van der Waals surface area contributed by atoms with Crippen LogP contribution in [0.3, 0.4) is 0 Å². The van der Waals surface area contributed by atoms with Gasteiger partial charge in [0.25, 0.3) is 5.91 Å². The Hall–Kier alpha value is -2.14. The van der Waals surface area contributed by atoms with E-state index in [2.05, 4.69) is 5.16 Å². The zero-order chi connectivity index (χ0) is 14.1. The summed E-state index contributed by atoms with van der Waals surface area (Å²) in [6.07, 6.45) is 0.155. The molecule has 2 aromatic rings. The van der Waals surface area contributed by atoms with Crippen molar-refractivity contribution in [3.05, 3.63) is 41.7 Å². The number of aliphatic hydroxyl groups is 1. The number of rotatable bonds is 3. The van der Waals surface area contributed by atoms with E-state index in [1.54, 1.807) is 11.8 Å². The Labute approximate surface area is 116 Å². The predicted molar refractivity (Wildman–Crippen MR) is 73.1 cm³/mol. The summed E-state index contributed by atoms with van der Waals surface area (Å²) in [5.74, 6) is 0.119. The van der Waals surface area contributed by atoms with E-state index >= 15 is 0 Å². The zero-order valence-corrected chi connectivity index (χ0v) is 11.2. The fourth-order valence-corrected chi connectivity index (χ4v) is 2.27. The lowest BCUT2D eigenvalue weighted by molar-refractivity contribution is 0.0641. The third-order valence-electron chi connectivity index (χ3n) is 3.50. The highest BCUT2D eigenvalue weighted by Crippen LogP contribution is 2.31. The maximum atomic E-state index is 12.5. The van der Waals surface area contributed by atoms with Crippen molar-refractivity contribution in [1.29, 1.82) is 0 Å². The molecule has 0 spiro atoms. The van der Waals surface area contributed by atoms with Crippen LogP contribution in [-0.2, 0) is 0 Å². The van der Waals surface area contributed by atoms with Crippen molar-refractivity contribution in [3.63, 3.8) is 0 Å². The van der Waals surface area contributed by atoms with Gasteiger partial charge in [0.1, 0.15) is 17.4 Å². The average Bonchev–Trinajstić information content (AvgIpc) is 2.82. The summed E-state index contributed by atoms with van der Waals surface area (Å²) in [4.78, 5) is 14.3. The molecule has 1 N–H and O–H groups in total. The van der Waals surface area contributed by atoms with Crippen LogP contribution in [0.1, 0.15) is 35.6 Å². The highest BCUT2D eigenvalue weighted by Gasteiger charge is 2.31. The molecular formula is C15H16N2O3. The SMILES string of the molecule is CC(O)c1onc(-c2ccccc2)c1C(=O)N1CCC1. The molecule has 1 saturated heterocycles.